The predicted octanol–water partition coefficient (Wildman–Crippen LogP) is 4.13. The van der Waals surface area contributed by atoms with Gasteiger partial charge in [-0.3, -0.25) is 9.59 Å². The van der Waals surface area contributed by atoms with Gasteiger partial charge in [0.1, 0.15) is 36.3 Å². The van der Waals surface area contributed by atoms with Crippen molar-refractivity contribution in [1.82, 2.24) is 10.3 Å². The average molecular weight is 489 g/mol. The Morgan fingerprint density at radius 2 is 1.71 bits per heavy atom. The summed E-state index contributed by atoms with van der Waals surface area (Å²) in [4.78, 5) is 28.8. The van der Waals surface area contributed by atoms with E-state index in [0.29, 0.717) is 46.7 Å². The second kappa shape index (κ2) is 12.5. The van der Waals surface area contributed by atoms with Gasteiger partial charge in [-0.25, -0.2) is 9.37 Å². The molecule has 0 bridgehead atoms. The van der Waals surface area contributed by atoms with Crippen LogP contribution in [-0.4, -0.2) is 36.6 Å². The molecule has 3 rings (SSSR count). The van der Waals surface area contributed by atoms with Gasteiger partial charge in [0.2, 0.25) is 0 Å². The number of carbonyl (C=O) groups excluding carboxylic acids is 2. The highest BCUT2D eigenvalue weighted by molar-refractivity contribution is 7.09. The molecule has 0 radical (unpaired) electrons. The van der Waals surface area contributed by atoms with E-state index in [0.717, 1.165) is 0 Å². The molecule has 0 aliphatic heterocycles. The van der Waals surface area contributed by atoms with Crippen molar-refractivity contribution >= 4 is 23.2 Å². The first-order chi connectivity index (χ1) is 16.5. The van der Waals surface area contributed by atoms with Gasteiger partial charge in [0.25, 0.3) is 5.91 Å². The number of amides is 1. The van der Waals surface area contributed by atoms with Crippen LogP contribution in [-0.2, 0) is 22.7 Å². The van der Waals surface area contributed by atoms with Gasteiger partial charge >= 0.3 is 5.97 Å². The summed E-state index contributed by atoms with van der Waals surface area (Å²) in [6.07, 6.45) is 0. The molecule has 10 heteroatoms. The molecule has 180 valence electrons. The smallest absolute Gasteiger partial charge is 0.325 e. The van der Waals surface area contributed by atoms with Gasteiger partial charge in [-0.15, -0.1) is 11.3 Å². The fraction of sp³-hybridized carbons (Fsp3) is 0.292. The number of halogens is 1. The van der Waals surface area contributed by atoms with Crippen LogP contribution in [0.4, 0.5) is 4.39 Å². The Balaban J connectivity index is 1.43. The topological polar surface area (TPSA) is 96.0 Å². The highest BCUT2D eigenvalue weighted by Gasteiger charge is 2.14. The lowest BCUT2D eigenvalue weighted by atomic mass is 10.2. The summed E-state index contributed by atoms with van der Waals surface area (Å²) >= 11 is 1.36. The van der Waals surface area contributed by atoms with Gasteiger partial charge < -0.3 is 24.3 Å². The Morgan fingerprint density at radius 3 is 2.44 bits per heavy atom. The summed E-state index contributed by atoms with van der Waals surface area (Å²) < 4.78 is 34.7. The second-order valence-corrected chi connectivity index (χ2v) is 7.79. The van der Waals surface area contributed by atoms with Crippen molar-refractivity contribution in [3.8, 4) is 17.2 Å². The van der Waals surface area contributed by atoms with E-state index in [1.807, 2.05) is 13.8 Å². The van der Waals surface area contributed by atoms with Crippen molar-refractivity contribution < 1.29 is 32.9 Å². The highest BCUT2D eigenvalue weighted by atomic mass is 32.1. The van der Waals surface area contributed by atoms with E-state index in [-0.39, 0.29) is 25.6 Å². The lowest BCUT2D eigenvalue weighted by molar-refractivity contribution is -0.143. The molecular formula is C24H25FN2O6S. The molecule has 0 aliphatic rings. The number of thiazole rings is 1. The molecular weight excluding hydrogens is 463 g/mol. The zero-order valence-corrected chi connectivity index (χ0v) is 19.7. The summed E-state index contributed by atoms with van der Waals surface area (Å²) in [6, 6.07) is 10.5. The fourth-order valence-electron chi connectivity index (χ4n) is 2.81. The van der Waals surface area contributed by atoms with E-state index in [4.69, 9.17) is 18.9 Å². The van der Waals surface area contributed by atoms with Crippen molar-refractivity contribution in [2.24, 2.45) is 0 Å². The minimum absolute atomic E-state index is 0.0285. The minimum atomic E-state index is -0.596. The molecule has 1 heterocycles. The monoisotopic (exact) mass is 488 g/mol. The van der Waals surface area contributed by atoms with Crippen LogP contribution in [0.3, 0.4) is 0 Å². The molecule has 3 aromatic rings. The number of rotatable bonds is 12. The third-order valence-corrected chi connectivity index (χ3v) is 5.23. The Kier molecular flexibility index (Phi) is 9.21. The quantitative estimate of drug-likeness (QED) is 0.383. The molecule has 0 atom stereocenters. The van der Waals surface area contributed by atoms with E-state index >= 15 is 0 Å². The second-order valence-electron chi connectivity index (χ2n) is 6.85. The number of ether oxygens (including phenoxy) is 4. The predicted molar refractivity (Wildman–Crippen MR) is 124 cm³/mol. The molecule has 34 heavy (non-hydrogen) atoms. The third-order valence-electron chi connectivity index (χ3n) is 4.36. The number of aromatic nitrogens is 1. The summed E-state index contributed by atoms with van der Waals surface area (Å²) in [5.41, 5.74) is 0.903. The van der Waals surface area contributed by atoms with Crippen LogP contribution in [0.25, 0.3) is 0 Å². The molecule has 8 nitrogen and oxygen atoms in total. The van der Waals surface area contributed by atoms with Gasteiger partial charge in [0.15, 0.2) is 11.5 Å². The summed E-state index contributed by atoms with van der Waals surface area (Å²) in [5.74, 6) is 0.169. The Morgan fingerprint density at radius 1 is 0.971 bits per heavy atom. The van der Waals surface area contributed by atoms with Gasteiger partial charge in [0.05, 0.1) is 18.9 Å². The summed E-state index contributed by atoms with van der Waals surface area (Å²) in [5, 5.41) is 4.97. The molecule has 1 aromatic heterocycles. The van der Waals surface area contributed by atoms with Crippen molar-refractivity contribution in [2.75, 3.05) is 19.8 Å². The SMILES string of the molecule is CCOc1ccc(C(=O)NCC(=O)OCc2csc(COc3ccc(F)cc3)n2)cc1OCC. The van der Waals surface area contributed by atoms with E-state index in [2.05, 4.69) is 10.3 Å². The molecule has 0 aliphatic carbocycles. The zero-order valence-electron chi connectivity index (χ0n) is 18.8. The lowest BCUT2D eigenvalue weighted by Gasteiger charge is -2.12. The number of esters is 1. The number of hydrogen-bond acceptors (Lipinski definition) is 8. The molecule has 0 saturated carbocycles. The maximum atomic E-state index is 12.9. The standard InChI is InChI=1S/C24H25FN2O6S/c1-3-30-20-10-5-16(11-21(20)31-4-2)24(29)26-12-23(28)33-13-18-15-34-22(27-18)14-32-19-8-6-17(25)7-9-19/h5-11,15H,3-4,12-14H2,1-2H3,(H,26,29). The summed E-state index contributed by atoms with van der Waals surface area (Å²) in [6.45, 7) is 4.48. The van der Waals surface area contributed by atoms with Gasteiger partial charge in [-0.05, 0) is 56.3 Å². The number of carbonyl (C=O) groups is 2. The molecule has 0 spiro atoms. The highest BCUT2D eigenvalue weighted by Crippen LogP contribution is 2.28. The van der Waals surface area contributed by atoms with Gasteiger partial charge in [-0.2, -0.15) is 0 Å². The van der Waals surface area contributed by atoms with Crippen LogP contribution in [0.1, 0.15) is 34.9 Å². The summed E-state index contributed by atoms with van der Waals surface area (Å²) in [7, 11) is 0. The van der Waals surface area contributed by atoms with E-state index in [1.165, 1.54) is 35.6 Å². The average Bonchev–Trinajstić information content (AvgIpc) is 3.30. The molecule has 0 saturated heterocycles. The number of hydrogen-bond donors (Lipinski definition) is 1. The van der Waals surface area contributed by atoms with Gasteiger partial charge in [-0.1, -0.05) is 0 Å². The Bertz CT molecular complexity index is 1100. The number of benzene rings is 2. The first-order valence-corrected chi connectivity index (χ1v) is 11.5. The Labute approximate surface area is 200 Å². The van der Waals surface area contributed by atoms with Crippen molar-refractivity contribution in [3.05, 3.63) is 69.9 Å². The van der Waals surface area contributed by atoms with Crippen molar-refractivity contribution in [1.29, 1.82) is 0 Å². The lowest BCUT2D eigenvalue weighted by Crippen LogP contribution is -2.30. The van der Waals surface area contributed by atoms with Crippen LogP contribution in [0, 0.1) is 5.82 Å². The number of nitrogens with zero attached hydrogens (tertiary/aromatic N) is 1. The van der Waals surface area contributed by atoms with Crippen LogP contribution < -0.4 is 19.5 Å². The molecule has 0 fully saturated rings. The van der Waals surface area contributed by atoms with Crippen LogP contribution in [0.5, 0.6) is 17.2 Å². The first-order valence-electron chi connectivity index (χ1n) is 10.6. The first kappa shape index (κ1) is 25.0. The minimum Gasteiger partial charge on any atom is -0.490 e. The van der Waals surface area contributed by atoms with Crippen LogP contribution >= 0.6 is 11.3 Å². The maximum Gasteiger partial charge on any atom is 0.325 e. The molecule has 0 unspecified atom stereocenters. The fourth-order valence-corrected chi connectivity index (χ4v) is 3.50. The maximum absolute atomic E-state index is 12.9. The molecule has 1 amide bonds. The Hall–Kier alpha value is -3.66. The molecule has 1 N–H and O–H groups in total. The van der Waals surface area contributed by atoms with Crippen molar-refractivity contribution in [3.63, 3.8) is 0 Å². The zero-order chi connectivity index (χ0) is 24.3. The van der Waals surface area contributed by atoms with E-state index < -0.39 is 11.9 Å². The van der Waals surface area contributed by atoms with Crippen LogP contribution in [0.2, 0.25) is 0 Å². The largest absolute Gasteiger partial charge is 0.490 e. The van der Waals surface area contributed by atoms with Crippen LogP contribution in [0.15, 0.2) is 47.8 Å². The van der Waals surface area contributed by atoms with E-state index in [9.17, 15) is 14.0 Å². The molecule has 2 aromatic carbocycles. The third kappa shape index (κ3) is 7.45. The number of nitrogens with one attached hydrogen (secondary N) is 1. The van der Waals surface area contributed by atoms with Gasteiger partial charge in [0, 0.05) is 10.9 Å². The normalized spacial score (nSPS) is 10.4. The van der Waals surface area contributed by atoms with Crippen molar-refractivity contribution in [2.45, 2.75) is 27.1 Å². The van der Waals surface area contributed by atoms with E-state index in [1.54, 1.807) is 23.6 Å².